The van der Waals surface area contributed by atoms with E-state index in [1.807, 2.05) is 54.6 Å². The average molecular weight is 280 g/mol. The van der Waals surface area contributed by atoms with Gasteiger partial charge in [-0.15, -0.1) is 0 Å². The first-order chi connectivity index (χ1) is 10.1. The molecule has 0 amide bonds. The molecular weight excluding hydrogens is 264 g/mol. The summed E-state index contributed by atoms with van der Waals surface area (Å²) in [5.41, 5.74) is 2.93. The van der Waals surface area contributed by atoms with Crippen LogP contribution in [0.25, 0.3) is 11.1 Å². The van der Waals surface area contributed by atoms with Crippen LogP contribution >= 0.6 is 0 Å². The maximum Gasteiger partial charge on any atom is 0.188 e. The van der Waals surface area contributed by atoms with Crippen molar-refractivity contribution in [3.05, 3.63) is 72.3 Å². The molecule has 2 aromatic carbocycles. The summed E-state index contributed by atoms with van der Waals surface area (Å²) in [6.45, 7) is 1.52. The minimum atomic E-state index is -1.41. The largest absolute Gasteiger partial charge is 0.362 e. The molecule has 0 aliphatic carbocycles. The average Bonchev–Trinajstić information content (AvgIpc) is 2.51. The van der Waals surface area contributed by atoms with Crippen LogP contribution in [0.1, 0.15) is 18.6 Å². The van der Waals surface area contributed by atoms with Crippen molar-refractivity contribution in [2.45, 2.75) is 18.8 Å². The van der Waals surface area contributed by atoms with Crippen LogP contribution in [0.2, 0.25) is 0 Å². The van der Waals surface area contributed by atoms with E-state index in [-0.39, 0.29) is 5.78 Å². The summed E-state index contributed by atoms with van der Waals surface area (Å²) in [7, 11) is 0. The lowest BCUT2D eigenvalue weighted by molar-refractivity contribution is -0.194. The van der Waals surface area contributed by atoms with Crippen molar-refractivity contribution < 1.29 is 14.6 Å². The smallest absolute Gasteiger partial charge is 0.188 e. The van der Waals surface area contributed by atoms with Gasteiger partial charge >= 0.3 is 0 Å². The molecule has 1 heterocycles. The summed E-state index contributed by atoms with van der Waals surface area (Å²) in [5, 5.41) is 9.90. The van der Waals surface area contributed by atoms with Gasteiger partial charge in [-0.2, -0.15) is 0 Å². The molecule has 21 heavy (non-hydrogen) atoms. The first kappa shape index (κ1) is 13.7. The Morgan fingerprint density at radius 3 is 2.29 bits per heavy atom. The molecule has 106 valence electrons. The fourth-order valence-corrected chi connectivity index (χ4v) is 2.37. The van der Waals surface area contributed by atoms with Crippen molar-refractivity contribution in [1.82, 2.24) is 0 Å². The summed E-state index contributed by atoms with van der Waals surface area (Å²) in [4.78, 5) is 11.9. The number of benzene rings is 2. The van der Waals surface area contributed by atoms with Crippen LogP contribution in [0.3, 0.4) is 0 Å². The van der Waals surface area contributed by atoms with E-state index in [9.17, 15) is 9.90 Å². The molecule has 2 aromatic rings. The quantitative estimate of drug-likeness (QED) is 0.918. The Hall–Kier alpha value is -2.23. The molecule has 0 bridgehead atoms. The first-order valence-corrected chi connectivity index (χ1v) is 6.84. The van der Waals surface area contributed by atoms with Gasteiger partial charge in [0.2, 0.25) is 0 Å². The third-order valence-corrected chi connectivity index (χ3v) is 3.49. The lowest BCUT2D eigenvalue weighted by Gasteiger charge is -2.29. The Labute approximate surface area is 123 Å². The highest BCUT2D eigenvalue weighted by Gasteiger charge is 2.32. The van der Waals surface area contributed by atoms with E-state index in [4.69, 9.17) is 4.74 Å². The number of ether oxygens (including phenoxy) is 1. The molecule has 0 unspecified atom stereocenters. The second-order valence-electron chi connectivity index (χ2n) is 5.28. The van der Waals surface area contributed by atoms with Crippen molar-refractivity contribution in [3.8, 4) is 11.1 Å². The van der Waals surface area contributed by atoms with Gasteiger partial charge in [-0.3, -0.25) is 4.79 Å². The van der Waals surface area contributed by atoms with Gasteiger partial charge < -0.3 is 9.84 Å². The van der Waals surface area contributed by atoms with Gasteiger partial charge in [0.05, 0.1) is 0 Å². The third kappa shape index (κ3) is 2.94. The van der Waals surface area contributed by atoms with Crippen LogP contribution in [0.5, 0.6) is 0 Å². The van der Waals surface area contributed by atoms with Crippen LogP contribution in [0, 0.1) is 0 Å². The number of hydrogen-bond acceptors (Lipinski definition) is 3. The van der Waals surface area contributed by atoms with E-state index in [1.54, 1.807) is 0 Å². The molecule has 1 aliphatic rings. The Morgan fingerprint density at radius 1 is 1.00 bits per heavy atom. The molecule has 0 radical (unpaired) electrons. The minimum Gasteiger partial charge on any atom is -0.362 e. The predicted octanol–water partition coefficient (Wildman–Crippen LogP) is 3.26. The van der Waals surface area contributed by atoms with Crippen molar-refractivity contribution in [3.63, 3.8) is 0 Å². The van der Waals surface area contributed by atoms with Crippen molar-refractivity contribution >= 4 is 5.78 Å². The monoisotopic (exact) mass is 280 g/mol. The SMILES string of the molecule is C[C@@]1(O)C=CC(=O)[C@H](c2ccc(-c3ccccc3)cc2)O1. The van der Waals surface area contributed by atoms with Crippen LogP contribution in [0.4, 0.5) is 0 Å². The van der Waals surface area contributed by atoms with E-state index in [2.05, 4.69) is 0 Å². The van der Waals surface area contributed by atoms with Gasteiger partial charge in [0.1, 0.15) is 6.10 Å². The molecule has 1 aliphatic heterocycles. The first-order valence-electron chi connectivity index (χ1n) is 6.84. The normalized spacial score (nSPS) is 25.0. The number of aliphatic hydroxyl groups is 1. The van der Waals surface area contributed by atoms with Gasteiger partial charge in [-0.1, -0.05) is 54.6 Å². The molecule has 3 heteroatoms. The van der Waals surface area contributed by atoms with Crippen molar-refractivity contribution in [2.24, 2.45) is 0 Å². The standard InChI is InChI=1S/C18H16O3/c1-18(20)12-11-16(19)17(21-18)15-9-7-14(8-10-15)13-5-3-2-4-6-13/h2-12,17,20H,1H3/t17-,18-/m0/s1. The van der Waals surface area contributed by atoms with Crippen molar-refractivity contribution in [2.75, 3.05) is 0 Å². The summed E-state index contributed by atoms with van der Waals surface area (Å²) >= 11 is 0. The Bertz CT molecular complexity index is 669. The minimum absolute atomic E-state index is 0.158. The van der Waals surface area contributed by atoms with Crippen LogP contribution in [-0.2, 0) is 9.53 Å². The maximum absolute atomic E-state index is 11.9. The van der Waals surface area contributed by atoms with Gasteiger partial charge in [-0.25, -0.2) is 0 Å². The predicted molar refractivity (Wildman–Crippen MR) is 80.5 cm³/mol. The maximum atomic E-state index is 11.9. The molecule has 0 saturated heterocycles. The fourth-order valence-electron chi connectivity index (χ4n) is 2.37. The van der Waals surface area contributed by atoms with Gasteiger partial charge in [-0.05, 0) is 35.8 Å². The fraction of sp³-hybridized carbons (Fsp3) is 0.167. The zero-order valence-corrected chi connectivity index (χ0v) is 11.7. The van der Waals surface area contributed by atoms with Gasteiger partial charge in [0.15, 0.2) is 11.6 Å². The zero-order chi connectivity index (χ0) is 14.9. The molecule has 0 saturated carbocycles. The molecule has 0 spiro atoms. The molecule has 0 aromatic heterocycles. The molecule has 0 fully saturated rings. The Balaban J connectivity index is 1.88. The highest BCUT2D eigenvalue weighted by atomic mass is 16.6. The summed E-state index contributed by atoms with van der Waals surface area (Å²) < 4.78 is 5.44. The third-order valence-electron chi connectivity index (χ3n) is 3.49. The van der Waals surface area contributed by atoms with E-state index < -0.39 is 11.9 Å². The van der Waals surface area contributed by atoms with Crippen LogP contribution in [0.15, 0.2) is 66.7 Å². The summed E-state index contributed by atoms with van der Waals surface area (Å²) in [5.74, 6) is -1.56. The molecule has 3 rings (SSSR count). The lowest BCUT2D eigenvalue weighted by atomic mass is 9.98. The second kappa shape index (κ2) is 5.28. The van der Waals surface area contributed by atoms with E-state index in [0.717, 1.165) is 16.7 Å². The van der Waals surface area contributed by atoms with Crippen LogP contribution in [-0.4, -0.2) is 16.7 Å². The van der Waals surface area contributed by atoms with Gasteiger partial charge in [0.25, 0.3) is 0 Å². The molecule has 1 N–H and O–H groups in total. The van der Waals surface area contributed by atoms with E-state index in [0.29, 0.717) is 0 Å². The lowest BCUT2D eigenvalue weighted by Crippen LogP contribution is -2.34. The number of hydrogen-bond donors (Lipinski definition) is 1. The summed E-state index contributed by atoms with van der Waals surface area (Å²) in [6.07, 6.45) is 1.98. The molecular formula is C18H16O3. The zero-order valence-electron chi connectivity index (χ0n) is 11.7. The van der Waals surface area contributed by atoms with E-state index >= 15 is 0 Å². The molecule has 3 nitrogen and oxygen atoms in total. The van der Waals surface area contributed by atoms with Gasteiger partial charge in [0, 0.05) is 0 Å². The Morgan fingerprint density at radius 2 is 1.62 bits per heavy atom. The number of ketones is 1. The number of carbonyl (C=O) groups excluding carboxylic acids is 1. The molecule has 2 atom stereocenters. The van der Waals surface area contributed by atoms with Crippen molar-refractivity contribution in [1.29, 1.82) is 0 Å². The van der Waals surface area contributed by atoms with Crippen LogP contribution < -0.4 is 0 Å². The highest BCUT2D eigenvalue weighted by Crippen LogP contribution is 2.30. The topological polar surface area (TPSA) is 46.5 Å². The second-order valence-corrected chi connectivity index (χ2v) is 5.28. The number of carbonyl (C=O) groups is 1. The van der Waals surface area contributed by atoms with E-state index in [1.165, 1.54) is 19.1 Å². The number of rotatable bonds is 2. The summed E-state index contributed by atoms with van der Waals surface area (Å²) in [6, 6.07) is 17.6. The highest BCUT2D eigenvalue weighted by molar-refractivity contribution is 5.95. The Kier molecular flexibility index (Phi) is 3.45.